The molecule has 7 nitrogen and oxygen atoms in total. The van der Waals surface area contributed by atoms with E-state index >= 15 is 0 Å². The van der Waals surface area contributed by atoms with Crippen molar-refractivity contribution in [3.8, 4) is 11.5 Å². The highest BCUT2D eigenvalue weighted by atomic mass is 16.5. The molecule has 1 aliphatic rings. The molecule has 3 rings (SSSR count). The maximum atomic E-state index is 12.9. The molecule has 29 heavy (non-hydrogen) atoms. The van der Waals surface area contributed by atoms with Gasteiger partial charge in [0.2, 0.25) is 0 Å². The predicted molar refractivity (Wildman–Crippen MR) is 107 cm³/mol. The summed E-state index contributed by atoms with van der Waals surface area (Å²) >= 11 is 0. The number of aliphatic hydroxyl groups excluding tert-OH is 1. The van der Waals surface area contributed by atoms with Crippen LogP contribution in [0.1, 0.15) is 17.2 Å². The Morgan fingerprint density at radius 3 is 2.31 bits per heavy atom. The van der Waals surface area contributed by atoms with Gasteiger partial charge in [0.05, 0.1) is 38.0 Å². The Kier molecular flexibility index (Phi) is 6.19. The largest absolute Gasteiger partial charge is 0.507 e. The van der Waals surface area contributed by atoms with E-state index in [1.54, 1.807) is 55.6 Å². The number of carbonyl (C=O) groups is 2. The van der Waals surface area contributed by atoms with E-state index in [-0.39, 0.29) is 24.5 Å². The molecular weight excluding hydrogens is 374 g/mol. The van der Waals surface area contributed by atoms with Gasteiger partial charge in [-0.25, -0.2) is 0 Å². The van der Waals surface area contributed by atoms with Crippen LogP contribution in [0.5, 0.6) is 11.5 Å². The number of hydrogen-bond donors (Lipinski definition) is 1. The lowest BCUT2D eigenvalue weighted by Crippen LogP contribution is -2.32. The van der Waals surface area contributed by atoms with Crippen molar-refractivity contribution < 1.29 is 28.9 Å². The van der Waals surface area contributed by atoms with Crippen LogP contribution in [0, 0.1) is 0 Å². The Hall–Kier alpha value is -3.32. The number of methoxy groups -OCH3 is 3. The van der Waals surface area contributed by atoms with Crippen molar-refractivity contribution in [1.29, 1.82) is 0 Å². The van der Waals surface area contributed by atoms with Crippen LogP contribution in [-0.4, -0.2) is 56.2 Å². The SMILES string of the molecule is COCCN1C(=O)C(=O)/C(=C(\O)c2ccccc2OC)C1c1ccc(OC)cc1. The zero-order valence-electron chi connectivity index (χ0n) is 16.5. The van der Waals surface area contributed by atoms with E-state index in [4.69, 9.17) is 14.2 Å². The molecule has 1 heterocycles. The highest BCUT2D eigenvalue weighted by molar-refractivity contribution is 6.46. The van der Waals surface area contributed by atoms with Crippen molar-refractivity contribution in [3.63, 3.8) is 0 Å². The summed E-state index contributed by atoms with van der Waals surface area (Å²) in [5.74, 6) is -0.653. The van der Waals surface area contributed by atoms with E-state index < -0.39 is 17.7 Å². The van der Waals surface area contributed by atoms with Gasteiger partial charge in [-0.15, -0.1) is 0 Å². The number of benzene rings is 2. The van der Waals surface area contributed by atoms with Crippen LogP contribution >= 0.6 is 0 Å². The third kappa shape index (κ3) is 3.82. The number of likely N-dealkylation sites (tertiary alicyclic amines) is 1. The number of ether oxygens (including phenoxy) is 3. The van der Waals surface area contributed by atoms with E-state index in [1.165, 1.54) is 19.1 Å². The van der Waals surface area contributed by atoms with Gasteiger partial charge in [0.1, 0.15) is 17.3 Å². The smallest absolute Gasteiger partial charge is 0.295 e. The average Bonchev–Trinajstić information content (AvgIpc) is 3.01. The summed E-state index contributed by atoms with van der Waals surface area (Å²) in [4.78, 5) is 27.0. The molecule has 1 unspecified atom stereocenters. The van der Waals surface area contributed by atoms with Gasteiger partial charge in [-0.2, -0.15) is 0 Å². The first-order valence-electron chi connectivity index (χ1n) is 9.08. The minimum Gasteiger partial charge on any atom is -0.507 e. The fraction of sp³-hybridized carbons (Fsp3) is 0.273. The Morgan fingerprint density at radius 2 is 1.69 bits per heavy atom. The van der Waals surface area contributed by atoms with Crippen molar-refractivity contribution >= 4 is 17.4 Å². The normalized spacial score (nSPS) is 18.2. The second-order valence-corrected chi connectivity index (χ2v) is 6.46. The Balaban J connectivity index is 2.18. The monoisotopic (exact) mass is 397 g/mol. The van der Waals surface area contributed by atoms with E-state index in [9.17, 15) is 14.7 Å². The van der Waals surface area contributed by atoms with E-state index in [0.717, 1.165) is 0 Å². The lowest BCUT2D eigenvalue weighted by Gasteiger charge is -2.25. The molecule has 0 bridgehead atoms. The Morgan fingerprint density at radius 1 is 1.00 bits per heavy atom. The molecule has 0 radical (unpaired) electrons. The lowest BCUT2D eigenvalue weighted by atomic mass is 9.95. The van der Waals surface area contributed by atoms with Crippen molar-refractivity contribution in [3.05, 3.63) is 65.2 Å². The van der Waals surface area contributed by atoms with E-state index in [0.29, 0.717) is 22.6 Å². The first-order valence-corrected chi connectivity index (χ1v) is 9.08. The second kappa shape index (κ2) is 8.79. The number of ketones is 1. The molecular formula is C22H23NO6. The number of aliphatic hydroxyl groups is 1. The molecule has 152 valence electrons. The second-order valence-electron chi connectivity index (χ2n) is 6.46. The fourth-order valence-electron chi connectivity index (χ4n) is 3.42. The third-order valence-electron chi connectivity index (χ3n) is 4.87. The van der Waals surface area contributed by atoms with Crippen molar-refractivity contribution in [2.45, 2.75) is 6.04 Å². The zero-order chi connectivity index (χ0) is 21.0. The van der Waals surface area contributed by atoms with Gasteiger partial charge in [-0.1, -0.05) is 24.3 Å². The average molecular weight is 397 g/mol. The minimum absolute atomic E-state index is 0.0146. The summed E-state index contributed by atoms with van der Waals surface area (Å²) in [7, 11) is 4.55. The number of rotatable bonds is 7. The van der Waals surface area contributed by atoms with Crippen LogP contribution in [0.25, 0.3) is 5.76 Å². The van der Waals surface area contributed by atoms with Gasteiger partial charge < -0.3 is 24.2 Å². The van der Waals surface area contributed by atoms with E-state index in [2.05, 4.69) is 0 Å². The number of amides is 1. The molecule has 0 aromatic heterocycles. The van der Waals surface area contributed by atoms with Gasteiger partial charge in [-0.3, -0.25) is 9.59 Å². The van der Waals surface area contributed by atoms with Crippen LogP contribution in [0.4, 0.5) is 0 Å². The molecule has 7 heteroatoms. The molecule has 1 fully saturated rings. The van der Waals surface area contributed by atoms with Crippen LogP contribution in [-0.2, 0) is 14.3 Å². The summed E-state index contributed by atoms with van der Waals surface area (Å²) in [6, 6.07) is 13.1. The first-order chi connectivity index (χ1) is 14.0. The number of carbonyl (C=O) groups excluding carboxylic acids is 2. The maximum absolute atomic E-state index is 12.9. The standard InChI is InChI=1S/C22H23NO6/c1-27-13-12-23-19(14-8-10-15(28-2)11-9-14)18(21(25)22(23)26)20(24)16-6-4-5-7-17(16)29-3/h4-11,19,24H,12-13H2,1-3H3/b20-18-. The third-order valence-corrected chi connectivity index (χ3v) is 4.87. The van der Waals surface area contributed by atoms with Crippen LogP contribution < -0.4 is 9.47 Å². The number of Topliss-reactive ketones (excluding diaryl/α,β-unsaturated/α-hetero) is 1. The molecule has 1 aliphatic heterocycles. The quantitative estimate of drug-likeness (QED) is 0.439. The first kappa shape index (κ1) is 20.4. The van der Waals surface area contributed by atoms with Gasteiger partial charge in [-0.05, 0) is 29.8 Å². The Labute approximate surface area is 169 Å². The van der Waals surface area contributed by atoms with Gasteiger partial charge >= 0.3 is 0 Å². The fourth-order valence-corrected chi connectivity index (χ4v) is 3.42. The maximum Gasteiger partial charge on any atom is 0.295 e. The topological polar surface area (TPSA) is 85.3 Å². The molecule has 2 aromatic carbocycles. The van der Waals surface area contributed by atoms with Gasteiger partial charge in [0.25, 0.3) is 11.7 Å². The predicted octanol–water partition coefficient (Wildman–Crippen LogP) is 2.77. The van der Waals surface area contributed by atoms with Crippen LogP contribution in [0.15, 0.2) is 54.1 Å². The minimum atomic E-state index is -0.749. The molecule has 0 spiro atoms. The zero-order valence-corrected chi connectivity index (χ0v) is 16.5. The Bertz CT molecular complexity index is 935. The van der Waals surface area contributed by atoms with E-state index in [1.807, 2.05) is 0 Å². The molecule has 2 aromatic rings. The van der Waals surface area contributed by atoms with Crippen LogP contribution in [0.3, 0.4) is 0 Å². The van der Waals surface area contributed by atoms with Crippen LogP contribution in [0.2, 0.25) is 0 Å². The molecule has 0 saturated carbocycles. The molecule has 0 aliphatic carbocycles. The number of nitrogens with zero attached hydrogens (tertiary/aromatic N) is 1. The lowest BCUT2D eigenvalue weighted by molar-refractivity contribution is -0.140. The summed E-state index contributed by atoms with van der Waals surface area (Å²) < 4.78 is 15.6. The van der Waals surface area contributed by atoms with Gasteiger partial charge in [0, 0.05) is 13.7 Å². The summed E-state index contributed by atoms with van der Waals surface area (Å²) in [6.07, 6.45) is 0. The van der Waals surface area contributed by atoms with Crippen molar-refractivity contribution in [2.24, 2.45) is 0 Å². The summed E-state index contributed by atoms with van der Waals surface area (Å²) in [6.45, 7) is 0.467. The summed E-state index contributed by atoms with van der Waals surface area (Å²) in [5.41, 5.74) is 1.04. The highest BCUT2D eigenvalue weighted by Crippen LogP contribution is 2.41. The highest BCUT2D eigenvalue weighted by Gasteiger charge is 2.46. The number of hydrogen-bond acceptors (Lipinski definition) is 6. The molecule has 1 amide bonds. The molecule has 1 atom stereocenters. The molecule has 1 saturated heterocycles. The summed E-state index contributed by atoms with van der Waals surface area (Å²) in [5, 5.41) is 11.0. The van der Waals surface area contributed by atoms with Crippen molar-refractivity contribution in [2.75, 3.05) is 34.5 Å². The van der Waals surface area contributed by atoms with Crippen molar-refractivity contribution in [1.82, 2.24) is 4.90 Å². The van der Waals surface area contributed by atoms with Gasteiger partial charge in [0.15, 0.2) is 0 Å². The molecule has 1 N–H and O–H groups in total. The number of para-hydroxylation sites is 1.